The molecule has 0 aliphatic rings. The van der Waals surface area contributed by atoms with Gasteiger partial charge in [0.05, 0.1) is 40.3 Å². The molecule has 0 aromatic rings. The maximum Gasteiger partial charge on any atom is 0.306 e. The first-order chi connectivity index (χ1) is 29.1. The van der Waals surface area contributed by atoms with Crippen LogP contribution in [0.15, 0.2) is 48.6 Å². The van der Waals surface area contributed by atoms with Gasteiger partial charge in [-0.2, -0.15) is 0 Å². The lowest BCUT2D eigenvalue weighted by Gasteiger charge is -2.34. The minimum absolute atomic E-state index is 0.0346. The fourth-order valence-electron chi connectivity index (χ4n) is 7.14. The third-order valence-corrected chi connectivity index (χ3v) is 10.9. The quantitative estimate of drug-likeness (QED) is 0.0260. The summed E-state index contributed by atoms with van der Waals surface area (Å²) in [5.74, 6) is -1.75. The van der Waals surface area contributed by atoms with Gasteiger partial charge in [-0.3, -0.25) is 9.59 Å². The van der Waals surface area contributed by atoms with E-state index in [-0.39, 0.29) is 42.7 Å². The summed E-state index contributed by atoms with van der Waals surface area (Å²) in [6.45, 7) is 4.55. The predicted octanol–water partition coefficient (Wildman–Crippen LogP) is 12.6. The molecule has 0 aliphatic carbocycles. The Morgan fingerprint density at radius 3 is 1.37 bits per heavy atom. The molecule has 0 heterocycles. The lowest BCUT2D eigenvalue weighted by atomic mass is 10.1. The van der Waals surface area contributed by atoms with Crippen LogP contribution in [-0.2, 0) is 28.6 Å². The highest BCUT2D eigenvalue weighted by Gasteiger charge is 2.25. The monoisotopic (exact) mass is 844 g/mol. The van der Waals surface area contributed by atoms with Gasteiger partial charge in [0.1, 0.15) is 12.6 Å². The maximum absolute atomic E-state index is 12.8. The number of esters is 2. The van der Waals surface area contributed by atoms with Crippen molar-refractivity contribution in [1.29, 1.82) is 0 Å². The Kier molecular flexibility index (Phi) is 41.0. The number of allylic oxidation sites excluding steroid dienone is 8. The molecule has 8 nitrogen and oxygen atoms in total. The number of nitrogens with zero attached hydrogens (tertiary/aromatic N) is 1. The summed E-state index contributed by atoms with van der Waals surface area (Å²) in [6.07, 6.45) is 51.4. The van der Waals surface area contributed by atoms with Gasteiger partial charge in [0.2, 0.25) is 0 Å². The summed E-state index contributed by atoms with van der Waals surface area (Å²) in [6, 6.07) is -0.729. The van der Waals surface area contributed by atoms with E-state index in [4.69, 9.17) is 14.2 Å². The molecule has 348 valence electrons. The second-order valence-corrected chi connectivity index (χ2v) is 17.7. The van der Waals surface area contributed by atoms with Crippen molar-refractivity contribution in [2.75, 3.05) is 41.0 Å². The van der Waals surface area contributed by atoms with E-state index < -0.39 is 18.1 Å². The highest BCUT2D eigenvalue weighted by atomic mass is 16.6. The number of hydrogen-bond acceptors (Lipinski definition) is 7. The summed E-state index contributed by atoms with van der Waals surface area (Å²) >= 11 is 0. The number of aliphatic carboxylic acids is 1. The van der Waals surface area contributed by atoms with E-state index >= 15 is 0 Å². The molecule has 60 heavy (non-hydrogen) atoms. The molecule has 0 aromatic carbocycles. The second kappa shape index (κ2) is 43.0. The zero-order valence-corrected chi connectivity index (χ0v) is 39.6. The predicted molar refractivity (Wildman–Crippen MR) is 250 cm³/mol. The van der Waals surface area contributed by atoms with Crippen molar-refractivity contribution in [3.05, 3.63) is 48.6 Å². The van der Waals surface area contributed by atoms with Gasteiger partial charge >= 0.3 is 11.9 Å². The standard InChI is InChI=1S/C52H93NO7/c1-6-8-10-12-14-16-18-20-22-23-24-25-26-27-28-29-31-33-35-37-39-41-43-51(55)60-48(46-58-45-44-49(52(56)57)53(3,4)5)47-59-50(54)42-40-38-36-34-32-30-21-19-17-15-13-11-9-7-2/h9,11,15,17,23-24,26-27,48-49H,6-8,10,12-14,16,18-22,25,28-47H2,1-5H3/b11-9+,17-15+,24-23+,27-26+. The number of hydrogen-bond donors (Lipinski definition) is 0. The van der Waals surface area contributed by atoms with Crippen molar-refractivity contribution < 1.29 is 38.2 Å². The van der Waals surface area contributed by atoms with E-state index in [0.717, 1.165) is 70.6 Å². The number of carbonyl (C=O) groups is 3. The lowest BCUT2D eigenvalue weighted by Crippen LogP contribution is -2.55. The number of rotatable bonds is 44. The Balaban J connectivity index is 4.27. The van der Waals surface area contributed by atoms with Crippen LogP contribution < -0.4 is 5.11 Å². The molecule has 8 heteroatoms. The van der Waals surface area contributed by atoms with Gasteiger partial charge in [-0.25, -0.2) is 0 Å². The number of carboxylic acid groups (broad SMARTS) is 1. The van der Waals surface area contributed by atoms with Crippen molar-refractivity contribution >= 4 is 17.9 Å². The first-order valence-corrected chi connectivity index (χ1v) is 24.7. The molecule has 0 N–H and O–H groups in total. The smallest absolute Gasteiger partial charge is 0.306 e. The Hall–Kier alpha value is -2.71. The van der Waals surface area contributed by atoms with Gasteiger partial charge < -0.3 is 28.6 Å². The number of carboxylic acids is 1. The van der Waals surface area contributed by atoms with Gasteiger partial charge in [-0.05, 0) is 70.6 Å². The normalized spacial score (nSPS) is 13.3. The molecule has 0 aromatic heterocycles. The molecule has 0 fully saturated rings. The molecule has 0 aliphatic heterocycles. The summed E-state index contributed by atoms with van der Waals surface area (Å²) in [5, 5.41) is 11.6. The molecule has 2 unspecified atom stereocenters. The summed E-state index contributed by atoms with van der Waals surface area (Å²) < 4.78 is 17.2. The molecule has 0 spiro atoms. The van der Waals surface area contributed by atoms with Crippen LogP contribution >= 0.6 is 0 Å². The van der Waals surface area contributed by atoms with Gasteiger partial charge in [0, 0.05) is 19.3 Å². The first-order valence-electron chi connectivity index (χ1n) is 24.7. The van der Waals surface area contributed by atoms with Crippen LogP contribution in [0.2, 0.25) is 0 Å². The van der Waals surface area contributed by atoms with Crippen molar-refractivity contribution in [3.63, 3.8) is 0 Å². The summed E-state index contributed by atoms with van der Waals surface area (Å²) in [4.78, 5) is 37.0. The number of unbranched alkanes of at least 4 members (excludes halogenated alkanes) is 22. The molecular weight excluding hydrogens is 751 g/mol. The van der Waals surface area contributed by atoms with E-state index in [0.29, 0.717) is 12.8 Å². The van der Waals surface area contributed by atoms with Crippen LogP contribution in [0.1, 0.15) is 213 Å². The third kappa shape index (κ3) is 40.7. The summed E-state index contributed by atoms with van der Waals surface area (Å²) in [7, 11) is 5.41. The minimum Gasteiger partial charge on any atom is -0.544 e. The van der Waals surface area contributed by atoms with Gasteiger partial charge in [0.25, 0.3) is 0 Å². The topological polar surface area (TPSA) is 102 Å². The number of carbonyl (C=O) groups excluding carboxylic acids is 3. The first kappa shape index (κ1) is 57.3. The zero-order chi connectivity index (χ0) is 44.2. The molecule has 0 bridgehead atoms. The highest BCUT2D eigenvalue weighted by Crippen LogP contribution is 2.14. The van der Waals surface area contributed by atoms with E-state index in [9.17, 15) is 19.5 Å². The minimum atomic E-state index is -1.13. The fraction of sp³-hybridized carbons (Fsp3) is 0.788. The van der Waals surface area contributed by atoms with Crippen molar-refractivity contribution in [2.45, 2.75) is 225 Å². The van der Waals surface area contributed by atoms with Gasteiger partial charge in [0.15, 0.2) is 6.10 Å². The Morgan fingerprint density at radius 1 is 0.517 bits per heavy atom. The van der Waals surface area contributed by atoms with Gasteiger partial charge in [-0.1, -0.05) is 172 Å². The fourth-order valence-corrected chi connectivity index (χ4v) is 7.14. The average Bonchev–Trinajstić information content (AvgIpc) is 3.21. The highest BCUT2D eigenvalue weighted by molar-refractivity contribution is 5.70. The molecule has 0 rings (SSSR count). The lowest BCUT2D eigenvalue weighted by molar-refractivity contribution is -0.889. The molecule has 0 saturated carbocycles. The number of ether oxygens (including phenoxy) is 3. The van der Waals surface area contributed by atoms with Crippen LogP contribution in [0.3, 0.4) is 0 Å². The second-order valence-electron chi connectivity index (χ2n) is 17.7. The van der Waals surface area contributed by atoms with E-state index in [1.165, 1.54) is 109 Å². The largest absolute Gasteiger partial charge is 0.544 e. The van der Waals surface area contributed by atoms with Crippen LogP contribution in [0.5, 0.6) is 0 Å². The molecular formula is C52H93NO7. The average molecular weight is 844 g/mol. The van der Waals surface area contributed by atoms with Crippen molar-refractivity contribution in [3.8, 4) is 0 Å². The van der Waals surface area contributed by atoms with Crippen molar-refractivity contribution in [2.24, 2.45) is 0 Å². The number of quaternary nitrogens is 1. The van der Waals surface area contributed by atoms with E-state index in [1.807, 2.05) is 0 Å². The van der Waals surface area contributed by atoms with Crippen LogP contribution in [0.25, 0.3) is 0 Å². The molecule has 0 saturated heterocycles. The van der Waals surface area contributed by atoms with Crippen LogP contribution in [0, 0.1) is 0 Å². The van der Waals surface area contributed by atoms with Crippen molar-refractivity contribution in [1.82, 2.24) is 0 Å². The number of likely N-dealkylation sites (N-methyl/N-ethyl adjacent to an activating group) is 1. The molecule has 0 radical (unpaired) electrons. The molecule has 0 amide bonds. The SMILES string of the molecule is CC/C=C/C/C=C/CCCCCCCCCC(=O)OCC(COCCC(C(=O)[O-])[N+](C)(C)C)OC(=O)CCCCCCCCC/C=C/C/C=C/CCCCCCCCCC. The van der Waals surface area contributed by atoms with E-state index in [2.05, 4.69) is 62.5 Å². The summed E-state index contributed by atoms with van der Waals surface area (Å²) in [5.41, 5.74) is 0. The van der Waals surface area contributed by atoms with Gasteiger partial charge in [-0.15, -0.1) is 0 Å². The Morgan fingerprint density at radius 2 is 0.933 bits per heavy atom. The van der Waals surface area contributed by atoms with Crippen LogP contribution in [0.4, 0.5) is 0 Å². The Bertz CT molecular complexity index is 1120. The Labute approximate surface area is 369 Å². The van der Waals surface area contributed by atoms with Crippen LogP contribution in [-0.4, -0.2) is 75.5 Å². The zero-order valence-electron chi connectivity index (χ0n) is 39.6. The molecule has 2 atom stereocenters. The van der Waals surface area contributed by atoms with E-state index in [1.54, 1.807) is 21.1 Å². The third-order valence-electron chi connectivity index (χ3n) is 10.9. The maximum atomic E-state index is 12.8.